The average Bonchev–Trinajstić information content (AvgIpc) is 3.57. The zero-order valence-electron chi connectivity index (χ0n) is 20.1. The van der Waals surface area contributed by atoms with Gasteiger partial charge in [-0.2, -0.15) is 0 Å². The van der Waals surface area contributed by atoms with E-state index >= 15 is 0 Å². The summed E-state index contributed by atoms with van der Waals surface area (Å²) in [6.07, 6.45) is 1.23. The summed E-state index contributed by atoms with van der Waals surface area (Å²) in [5.41, 5.74) is 6.41. The van der Waals surface area contributed by atoms with Crippen LogP contribution in [-0.4, -0.2) is 22.1 Å². The Hall–Kier alpha value is -4.09. The van der Waals surface area contributed by atoms with Crippen LogP contribution in [0.2, 0.25) is 5.02 Å². The number of rotatable bonds is 5. The van der Waals surface area contributed by atoms with Crippen molar-refractivity contribution < 1.29 is 19.8 Å². The van der Waals surface area contributed by atoms with Crippen molar-refractivity contribution in [2.75, 3.05) is 5.32 Å². The summed E-state index contributed by atoms with van der Waals surface area (Å²) < 4.78 is 0. The number of phenols is 1. The van der Waals surface area contributed by atoms with Gasteiger partial charge in [0.25, 0.3) is 0 Å². The first-order chi connectivity index (χ1) is 17.8. The maximum absolute atomic E-state index is 13.2. The Morgan fingerprint density at radius 3 is 2.54 bits per heavy atom. The third kappa shape index (κ3) is 3.78. The molecule has 4 aromatic rings. The number of halogens is 1. The molecule has 6 heteroatoms. The highest BCUT2D eigenvalue weighted by molar-refractivity contribution is 6.34. The van der Waals surface area contributed by atoms with E-state index in [2.05, 4.69) is 5.32 Å². The monoisotopic (exact) mass is 509 g/mol. The summed E-state index contributed by atoms with van der Waals surface area (Å²) in [6, 6.07) is 24.6. The minimum atomic E-state index is -0.967. The number of nitrogens with one attached hydrogen (secondary N) is 1. The molecule has 1 aliphatic carbocycles. The molecular formula is C31H24ClNO4. The molecule has 2 aliphatic rings. The van der Waals surface area contributed by atoms with Gasteiger partial charge in [0.15, 0.2) is 0 Å². The molecule has 1 aliphatic heterocycles. The van der Waals surface area contributed by atoms with Crippen molar-refractivity contribution in [1.29, 1.82) is 0 Å². The minimum Gasteiger partial charge on any atom is -0.508 e. The van der Waals surface area contributed by atoms with Crippen LogP contribution >= 0.6 is 11.6 Å². The van der Waals surface area contributed by atoms with E-state index in [4.69, 9.17) is 11.6 Å². The van der Waals surface area contributed by atoms with Gasteiger partial charge < -0.3 is 15.5 Å². The van der Waals surface area contributed by atoms with Crippen molar-refractivity contribution in [3.05, 3.63) is 117 Å². The Kier molecular flexibility index (Phi) is 5.35. The van der Waals surface area contributed by atoms with E-state index in [1.165, 1.54) is 0 Å². The number of aromatic carboxylic acids is 1. The molecule has 1 saturated carbocycles. The Morgan fingerprint density at radius 1 is 1.05 bits per heavy atom. The largest absolute Gasteiger partial charge is 0.508 e. The van der Waals surface area contributed by atoms with Crippen LogP contribution in [0.15, 0.2) is 78.9 Å². The van der Waals surface area contributed by atoms with Gasteiger partial charge in [-0.05, 0) is 71.0 Å². The second kappa shape index (κ2) is 8.49. The summed E-state index contributed by atoms with van der Waals surface area (Å²) in [6.45, 7) is 1.77. The second-order valence-corrected chi connectivity index (χ2v) is 10.3. The molecule has 6 rings (SSSR count). The molecule has 184 valence electrons. The molecule has 1 fully saturated rings. The fraction of sp³-hybridized carbons (Fsp3) is 0.161. The van der Waals surface area contributed by atoms with Crippen LogP contribution in [-0.2, 0) is 16.6 Å². The number of carboxylic acid groups (broad SMARTS) is 1. The van der Waals surface area contributed by atoms with Gasteiger partial charge >= 0.3 is 5.97 Å². The number of hydrogen-bond acceptors (Lipinski definition) is 3. The van der Waals surface area contributed by atoms with E-state index in [0.29, 0.717) is 29.1 Å². The van der Waals surface area contributed by atoms with Crippen LogP contribution in [0, 0.1) is 6.92 Å². The summed E-state index contributed by atoms with van der Waals surface area (Å²) in [5, 5.41) is 23.2. The third-order valence-electron chi connectivity index (χ3n) is 7.75. The molecule has 2 unspecified atom stereocenters. The normalized spacial score (nSPS) is 19.5. The van der Waals surface area contributed by atoms with Crippen LogP contribution in [0.1, 0.15) is 50.5 Å². The number of amides is 1. The SMILES string of the molecule is Cc1ccc(C2CC23C(=O)Nc2cc(Cl)c(-c4ccc(Cc5ccccc5O)cc4)cc23)cc1C(=O)O. The number of aryl methyl sites for hydroxylation is 1. The fourth-order valence-corrected chi connectivity index (χ4v) is 5.88. The molecule has 37 heavy (non-hydrogen) atoms. The minimum absolute atomic E-state index is 0.0730. The van der Waals surface area contributed by atoms with Gasteiger partial charge in [0.1, 0.15) is 5.75 Å². The average molecular weight is 510 g/mol. The lowest BCUT2D eigenvalue weighted by molar-refractivity contribution is -0.118. The van der Waals surface area contributed by atoms with Gasteiger partial charge in [-0.25, -0.2) is 4.79 Å². The summed E-state index contributed by atoms with van der Waals surface area (Å²) in [4.78, 5) is 24.9. The molecule has 4 aromatic carbocycles. The Morgan fingerprint density at radius 2 is 1.81 bits per heavy atom. The molecule has 5 nitrogen and oxygen atoms in total. The number of carbonyl (C=O) groups excluding carboxylic acids is 1. The molecule has 3 N–H and O–H groups in total. The number of anilines is 1. The zero-order valence-corrected chi connectivity index (χ0v) is 20.8. The number of carbonyl (C=O) groups is 2. The lowest BCUT2D eigenvalue weighted by atomic mass is 9.89. The van der Waals surface area contributed by atoms with Gasteiger partial charge in [0.05, 0.1) is 16.0 Å². The first-order valence-corrected chi connectivity index (χ1v) is 12.5. The van der Waals surface area contributed by atoms with Gasteiger partial charge in [0.2, 0.25) is 5.91 Å². The lowest BCUT2D eigenvalue weighted by Gasteiger charge is -2.13. The molecular weight excluding hydrogens is 486 g/mol. The maximum Gasteiger partial charge on any atom is 0.335 e. The topological polar surface area (TPSA) is 86.6 Å². The van der Waals surface area contributed by atoms with Crippen molar-refractivity contribution in [2.24, 2.45) is 0 Å². The first kappa shape index (κ1) is 23.3. The van der Waals surface area contributed by atoms with Crippen molar-refractivity contribution in [3.63, 3.8) is 0 Å². The van der Waals surface area contributed by atoms with E-state index < -0.39 is 11.4 Å². The Labute approximate surface area is 219 Å². The van der Waals surface area contributed by atoms with Crippen molar-refractivity contribution in [1.82, 2.24) is 0 Å². The number of para-hydroxylation sites is 1. The molecule has 1 heterocycles. The lowest BCUT2D eigenvalue weighted by Crippen LogP contribution is -2.21. The maximum atomic E-state index is 13.2. The van der Waals surface area contributed by atoms with Gasteiger partial charge in [0, 0.05) is 23.6 Å². The van der Waals surface area contributed by atoms with Gasteiger partial charge in [-0.1, -0.05) is 66.2 Å². The van der Waals surface area contributed by atoms with Crippen LogP contribution in [0.4, 0.5) is 5.69 Å². The van der Waals surface area contributed by atoms with Crippen LogP contribution in [0.25, 0.3) is 11.1 Å². The molecule has 1 spiro atoms. The Bertz CT molecular complexity index is 1590. The molecule has 0 bridgehead atoms. The van der Waals surface area contributed by atoms with Gasteiger partial charge in [-0.3, -0.25) is 4.79 Å². The van der Waals surface area contributed by atoms with E-state index in [1.807, 2.05) is 60.7 Å². The molecule has 0 radical (unpaired) electrons. The van der Waals surface area contributed by atoms with Crippen LogP contribution in [0.3, 0.4) is 0 Å². The molecule has 1 amide bonds. The standard InChI is InChI=1S/C31H24ClNO4/c1-17-6-9-20(13-22(17)29(35)36)25-16-31(25)24-14-23(26(32)15-27(24)33-30(31)37)19-10-7-18(8-11-19)12-21-4-2-3-5-28(21)34/h2-11,13-15,25,34H,12,16H2,1H3,(H,33,37)(H,35,36). The van der Waals surface area contributed by atoms with Crippen molar-refractivity contribution in [2.45, 2.75) is 31.1 Å². The highest BCUT2D eigenvalue weighted by Gasteiger charge is 2.65. The predicted octanol–water partition coefficient (Wildman–Crippen LogP) is 6.69. The second-order valence-electron chi connectivity index (χ2n) is 9.94. The smallest absolute Gasteiger partial charge is 0.335 e. The van der Waals surface area contributed by atoms with Crippen LogP contribution < -0.4 is 5.32 Å². The number of phenolic OH excluding ortho intramolecular Hbond substituents is 1. The number of fused-ring (bicyclic) bond motifs is 2. The Balaban J connectivity index is 1.33. The first-order valence-electron chi connectivity index (χ1n) is 12.1. The highest BCUT2D eigenvalue weighted by Crippen LogP contribution is 2.65. The highest BCUT2D eigenvalue weighted by atomic mass is 35.5. The van der Waals surface area contributed by atoms with E-state index in [-0.39, 0.29) is 23.1 Å². The predicted molar refractivity (Wildman–Crippen MR) is 144 cm³/mol. The summed E-state index contributed by atoms with van der Waals surface area (Å²) in [5.74, 6) is -0.859. The quantitative estimate of drug-likeness (QED) is 0.280. The van der Waals surface area contributed by atoms with E-state index in [9.17, 15) is 19.8 Å². The number of benzene rings is 4. The van der Waals surface area contributed by atoms with E-state index in [0.717, 1.165) is 33.4 Å². The number of carboxylic acids is 1. The zero-order chi connectivity index (χ0) is 25.9. The third-order valence-corrected chi connectivity index (χ3v) is 8.06. The number of aromatic hydroxyl groups is 1. The summed E-state index contributed by atoms with van der Waals surface area (Å²) in [7, 11) is 0. The van der Waals surface area contributed by atoms with Crippen molar-refractivity contribution in [3.8, 4) is 16.9 Å². The molecule has 0 aromatic heterocycles. The fourth-order valence-electron chi connectivity index (χ4n) is 5.61. The van der Waals surface area contributed by atoms with Crippen molar-refractivity contribution >= 4 is 29.2 Å². The molecule has 2 atom stereocenters. The van der Waals surface area contributed by atoms with Gasteiger partial charge in [-0.15, -0.1) is 0 Å². The summed E-state index contributed by atoms with van der Waals surface area (Å²) >= 11 is 6.67. The molecule has 0 saturated heterocycles. The van der Waals surface area contributed by atoms with Crippen LogP contribution in [0.5, 0.6) is 5.75 Å². The van der Waals surface area contributed by atoms with E-state index in [1.54, 1.807) is 25.1 Å². The number of hydrogen-bond donors (Lipinski definition) is 3.